The van der Waals surface area contributed by atoms with Crippen molar-refractivity contribution >= 4 is 35.3 Å². The molecule has 1 unspecified atom stereocenters. The number of ether oxygens (including phenoxy) is 1. The zero-order valence-corrected chi connectivity index (χ0v) is 18.8. The summed E-state index contributed by atoms with van der Waals surface area (Å²) < 4.78 is 5.49. The number of amides is 2. The Bertz CT molecular complexity index is 1190. The summed E-state index contributed by atoms with van der Waals surface area (Å²) in [4.78, 5) is 40.2. The van der Waals surface area contributed by atoms with E-state index in [9.17, 15) is 14.4 Å². The van der Waals surface area contributed by atoms with Crippen LogP contribution < -0.4 is 10.6 Å². The van der Waals surface area contributed by atoms with E-state index < -0.39 is 24.0 Å². The molecule has 4 rings (SSSR count). The number of hydrogen-bond donors (Lipinski definition) is 3. The van der Waals surface area contributed by atoms with Gasteiger partial charge in [0.05, 0.1) is 0 Å². The molecule has 0 aliphatic heterocycles. The van der Waals surface area contributed by atoms with Crippen LogP contribution in [-0.2, 0) is 14.3 Å². The highest BCUT2D eigenvalue weighted by Crippen LogP contribution is 2.44. The standard InChI is InChI=1S/C25H22ClN3O5/c26-22-13-15(11-12-27-22)28-24(32)21(9-10-23(30)31)29-25(33)34-14-20-18-7-3-1-5-16(18)17-6-2-4-8-19(17)20/h1-8,11-13,20-21H,9-10,14H2,(H,29,33)(H,30,31)(H,27,28,32). The Labute approximate surface area is 200 Å². The largest absolute Gasteiger partial charge is 0.481 e. The summed E-state index contributed by atoms with van der Waals surface area (Å²) in [7, 11) is 0. The van der Waals surface area contributed by atoms with Gasteiger partial charge in [-0.2, -0.15) is 0 Å². The number of halogens is 1. The number of carbonyl (C=O) groups excluding carboxylic acids is 2. The molecule has 1 heterocycles. The topological polar surface area (TPSA) is 118 Å². The fourth-order valence-electron chi connectivity index (χ4n) is 4.03. The lowest BCUT2D eigenvalue weighted by Gasteiger charge is -2.19. The molecule has 0 fully saturated rings. The number of carboxylic acids is 1. The highest BCUT2D eigenvalue weighted by molar-refractivity contribution is 6.29. The number of hydrogen-bond acceptors (Lipinski definition) is 5. The number of anilines is 1. The predicted octanol–water partition coefficient (Wildman–Crippen LogP) is 4.45. The Morgan fingerprint density at radius 3 is 2.29 bits per heavy atom. The van der Waals surface area contributed by atoms with Gasteiger partial charge in [0.2, 0.25) is 5.91 Å². The third-order valence-electron chi connectivity index (χ3n) is 5.59. The first-order valence-electron chi connectivity index (χ1n) is 10.7. The third kappa shape index (κ3) is 5.35. The van der Waals surface area contributed by atoms with Crippen LogP contribution in [0.25, 0.3) is 11.1 Å². The fraction of sp³-hybridized carbons (Fsp3) is 0.200. The lowest BCUT2D eigenvalue weighted by molar-refractivity contribution is -0.137. The molecule has 2 amide bonds. The minimum Gasteiger partial charge on any atom is -0.481 e. The van der Waals surface area contributed by atoms with Crippen LogP contribution in [0.3, 0.4) is 0 Å². The molecule has 1 aliphatic carbocycles. The van der Waals surface area contributed by atoms with Crippen molar-refractivity contribution in [2.75, 3.05) is 11.9 Å². The molecule has 0 saturated carbocycles. The van der Waals surface area contributed by atoms with Gasteiger partial charge >= 0.3 is 12.1 Å². The lowest BCUT2D eigenvalue weighted by atomic mass is 9.98. The summed E-state index contributed by atoms with van der Waals surface area (Å²) in [5, 5.41) is 14.3. The van der Waals surface area contributed by atoms with Crippen molar-refractivity contribution < 1.29 is 24.2 Å². The number of aromatic nitrogens is 1. The first-order valence-corrected chi connectivity index (χ1v) is 11.1. The summed E-state index contributed by atoms with van der Waals surface area (Å²) in [5.41, 5.74) is 4.70. The highest BCUT2D eigenvalue weighted by atomic mass is 35.5. The molecule has 0 radical (unpaired) electrons. The second kappa shape index (κ2) is 10.4. The average molecular weight is 480 g/mol. The van der Waals surface area contributed by atoms with Crippen molar-refractivity contribution in [2.24, 2.45) is 0 Å². The molecule has 0 saturated heterocycles. The maximum absolute atomic E-state index is 12.7. The van der Waals surface area contributed by atoms with Gasteiger partial charge in [-0.3, -0.25) is 9.59 Å². The smallest absolute Gasteiger partial charge is 0.407 e. The second-order valence-corrected chi connectivity index (χ2v) is 8.20. The predicted molar refractivity (Wildman–Crippen MR) is 127 cm³/mol. The fourth-order valence-corrected chi connectivity index (χ4v) is 4.20. The van der Waals surface area contributed by atoms with E-state index in [-0.39, 0.29) is 30.5 Å². The molecule has 3 N–H and O–H groups in total. The van der Waals surface area contributed by atoms with Gasteiger partial charge in [0.15, 0.2) is 0 Å². The minimum atomic E-state index is -1.11. The van der Waals surface area contributed by atoms with Crippen molar-refractivity contribution in [3.63, 3.8) is 0 Å². The average Bonchev–Trinajstić information content (AvgIpc) is 3.14. The number of carboxylic acid groups (broad SMARTS) is 1. The van der Waals surface area contributed by atoms with E-state index in [1.807, 2.05) is 48.5 Å². The number of pyridine rings is 1. The van der Waals surface area contributed by atoms with E-state index in [0.717, 1.165) is 22.3 Å². The molecule has 174 valence electrons. The van der Waals surface area contributed by atoms with Gasteiger partial charge in [0.25, 0.3) is 0 Å². The summed E-state index contributed by atoms with van der Waals surface area (Å²) in [6.07, 6.45) is 0.201. The van der Waals surface area contributed by atoms with Gasteiger partial charge in [0, 0.05) is 24.2 Å². The summed E-state index contributed by atoms with van der Waals surface area (Å²) in [6, 6.07) is 17.8. The number of fused-ring (bicyclic) bond motifs is 3. The van der Waals surface area contributed by atoms with E-state index in [2.05, 4.69) is 15.6 Å². The Hall–Kier alpha value is -3.91. The molecule has 34 heavy (non-hydrogen) atoms. The molecular formula is C25H22ClN3O5. The zero-order chi connectivity index (χ0) is 24.1. The minimum absolute atomic E-state index is 0.0765. The van der Waals surface area contributed by atoms with Crippen molar-refractivity contribution in [2.45, 2.75) is 24.8 Å². The van der Waals surface area contributed by atoms with Crippen LogP contribution in [0.15, 0.2) is 66.9 Å². The van der Waals surface area contributed by atoms with E-state index in [4.69, 9.17) is 21.4 Å². The van der Waals surface area contributed by atoms with E-state index in [1.54, 1.807) is 0 Å². The van der Waals surface area contributed by atoms with E-state index >= 15 is 0 Å². The van der Waals surface area contributed by atoms with Crippen molar-refractivity contribution in [1.29, 1.82) is 0 Å². The number of nitrogens with one attached hydrogen (secondary N) is 2. The molecule has 3 aromatic rings. The lowest BCUT2D eigenvalue weighted by Crippen LogP contribution is -2.44. The Morgan fingerprint density at radius 2 is 1.68 bits per heavy atom. The Balaban J connectivity index is 1.43. The Kier molecular flexibility index (Phi) is 7.08. The Morgan fingerprint density at radius 1 is 1.03 bits per heavy atom. The van der Waals surface area contributed by atoms with Crippen molar-refractivity contribution in [3.8, 4) is 11.1 Å². The number of nitrogens with zero attached hydrogens (tertiary/aromatic N) is 1. The van der Waals surface area contributed by atoms with Gasteiger partial charge in [-0.1, -0.05) is 60.1 Å². The number of rotatable bonds is 8. The molecule has 8 nitrogen and oxygen atoms in total. The van der Waals surface area contributed by atoms with Gasteiger partial charge in [-0.15, -0.1) is 0 Å². The third-order valence-corrected chi connectivity index (χ3v) is 5.80. The zero-order valence-electron chi connectivity index (χ0n) is 18.0. The summed E-state index contributed by atoms with van der Waals surface area (Å²) in [5.74, 6) is -1.81. The first kappa shape index (κ1) is 23.3. The molecule has 0 bridgehead atoms. The molecular weight excluding hydrogens is 458 g/mol. The molecule has 1 aromatic heterocycles. The van der Waals surface area contributed by atoms with Gasteiger partial charge < -0.3 is 20.5 Å². The molecule has 1 atom stereocenters. The SMILES string of the molecule is O=C(O)CCC(NC(=O)OCC1c2ccccc2-c2ccccc21)C(=O)Nc1ccnc(Cl)c1. The maximum atomic E-state index is 12.7. The van der Waals surface area contributed by atoms with Crippen LogP contribution in [-0.4, -0.2) is 40.7 Å². The van der Waals surface area contributed by atoms with Gasteiger partial charge in [-0.25, -0.2) is 9.78 Å². The summed E-state index contributed by atoms with van der Waals surface area (Å²) in [6.45, 7) is 0.0765. The van der Waals surface area contributed by atoms with Crippen molar-refractivity contribution in [1.82, 2.24) is 10.3 Å². The summed E-state index contributed by atoms with van der Waals surface area (Å²) >= 11 is 5.84. The highest BCUT2D eigenvalue weighted by Gasteiger charge is 2.30. The number of aliphatic carboxylic acids is 1. The normalized spacial score (nSPS) is 12.9. The molecule has 0 spiro atoms. The second-order valence-electron chi connectivity index (χ2n) is 7.81. The quantitative estimate of drug-likeness (QED) is 0.411. The number of alkyl carbamates (subject to hydrolysis) is 1. The van der Waals surface area contributed by atoms with Crippen molar-refractivity contribution in [3.05, 3.63) is 83.1 Å². The van der Waals surface area contributed by atoms with Crippen LogP contribution in [0, 0.1) is 0 Å². The van der Waals surface area contributed by atoms with Gasteiger partial charge in [0.1, 0.15) is 17.8 Å². The van der Waals surface area contributed by atoms with Crippen LogP contribution in [0.5, 0.6) is 0 Å². The maximum Gasteiger partial charge on any atom is 0.407 e. The van der Waals surface area contributed by atoms with Crippen LogP contribution >= 0.6 is 11.6 Å². The monoisotopic (exact) mass is 479 g/mol. The van der Waals surface area contributed by atoms with Crippen LogP contribution in [0.2, 0.25) is 5.15 Å². The molecule has 9 heteroatoms. The number of benzene rings is 2. The van der Waals surface area contributed by atoms with E-state index in [0.29, 0.717) is 5.69 Å². The molecule has 1 aliphatic rings. The van der Waals surface area contributed by atoms with Crippen LogP contribution in [0.4, 0.5) is 10.5 Å². The molecule has 2 aromatic carbocycles. The van der Waals surface area contributed by atoms with Crippen LogP contribution in [0.1, 0.15) is 29.9 Å². The van der Waals surface area contributed by atoms with E-state index in [1.165, 1.54) is 18.3 Å². The van der Waals surface area contributed by atoms with Gasteiger partial charge in [-0.05, 0) is 40.8 Å². The first-order chi connectivity index (χ1) is 16.4. The number of carbonyl (C=O) groups is 3.